The second-order valence-corrected chi connectivity index (χ2v) is 6.59. The molecule has 0 aliphatic carbocycles. The Bertz CT molecular complexity index is 561. The second kappa shape index (κ2) is 6.84. The fraction of sp³-hybridized carbons (Fsp3) is 0.500. The van der Waals surface area contributed by atoms with E-state index in [1.54, 1.807) is 0 Å². The monoisotopic (exact) mass is 296 g/mol. The van der Waals surface area contributed by atoms with Gasteiger partial charge < -0.3 is 5.11 Å². The van der Waals surface area contributed by atoms with Crippen molar-refractivity contribution < 1.29 is 13.5 Å². The lowest BCUT2D eigenvalue weighted by atomic mass is 9.84. The maximum absolute atomic E-state index is 12.2. The molecule has 0 atom stereocenters. The van der Waals surface area contributed by atoms with E-state index >= 15 is 0 Å². The molecule has 0 saturated carbocycles. The number of benzene rings is 1. The molecule has 0 amide bonds. The quantitative estimate of drug-likeness (QED) is 0.800. The summed E-state index contributed by atoms with van der Waals surface area (Å²) in [7, 11) is -3.62. The molecule has 1 aromatic rings. The summed E-state index contributed by atoms with van der Waals surface area (Å²) in [6.45, 7) is 3.99. The van der Waals surface area contributed by atoms with Crippen molar-refractivity contribution in [3.63, 3.8) is 0 Å². The Morgan fingerprint density at radius 1 is 1.25 bits per heavy atom. The second-order valence-electron chi connectivity index (χ2n) is 4.83. The number of hydrogen-bond acceptors (Lipinski definition) is 4. The van der Waals surface area contributed by atoms with Gasteiger partial charge in [-0.25, -0.2) is 13.1 Å². The first-order valence-electron chi connectivity index (χ1n) is 6.53. The molecule has 1 rings (SSSR count). The molecule has 0 saturated heterocycles. The van der Waals surface area contributed by atoms with E-state index in [2.05, 4.69) is 4.72 Å². The predicted molar refractivity (Wildman–Crippen MR) is 76.4 cm³/mol. The van der Waals surface area contributed by atoms with Gasteiger partial charge in [0.1, 0.15) is 0 Å². The summed E-state index contributed by atoms with van der Waals surface area (Å²) in [5.74, 6) is 0. The van der Waals surface area contributed by atoms with Gasteiger partial charge in [0.15, 0.2) is 0 Å². The highest BCUT2D eigenvalue weighted by Crippen LogP contribution is 2.25. The van der Waals surface area contributed by atoms with E-state index in [9.17, 15) is 13.5 Å². The summed E-state index contributed by atoms with van der Waals surface area (Å²) in [6.07, 6.45) is 1.38. The van der Waals surface area contributed by atoms with Crippen LogP contribution in [0.25, 0.3) is 0 Å². The zero-order valence-corrected chi connectivity index (χ0v) is 12.6. The molecule has 0 bridgehead atoms. The number of aliphatic hydroxyl groups excluding tert-OH is 1. The van der Waals surface area contributed by atoms with Crippen LogP contribution in [0.5, 0.6) is 0 Å². The summed E-state index contributed by atoms with van der Waals surface area (Å²) in [6, 6.07) is 7.68. The van der Waals surface area contributed by atoms with Crippen LogP contribution in [-0.2, 0) is 10.0 Å². The highest BCUT2D eigenvalue weighted by Gasteiger charge is 2.27. The first-order chi connectivity index (χ1) is 9.43. The van der Waals surface area contributed by atoms with Crippen LogP contribution >= 0.6 is 0 Å². The first kappa shape index (κ1) is 16.6. The molecule has 0 heterocycles. The average molecular weight is 296 g/mol. The summed E-state index contributed by atoms with van der Waals surface area (Å²) < 4.78 is 26.8. The van der Waals surface area contributed by atoms with Gasteiger partial charge in [-0.15, -0.1) is 0 Å². The van der Waals surface area contributed by atoms with Crippen molar-refractivity contribution in [3.05, 3.63) is 29.8 Å². The molecule has 0 radical (unpaired) electrons. The maximum Gasteiger partial charge on any atom is 0.240 e. The van der Waals surface area contributed by atoms with Crippen molar-refractivity contribution in [2.24, 2.45) is 5.41 Å². The van der Waals surface area contributed by atoms with E-state index < -0.39 is 15.4 Å². The Morgan fingerprint density at radius 3 is 2.20 bits per heavy atom. The third-order valence-corrected chi connectivity index (χ3v) is 5.18. The number of nitrogens with one attached hydrogen (secondary N) is 1. The number of nitrogens with zero attached hydrogens (tertiary/aromatic N) is 1. The number of aliphatic hydroxyl groups is 1. The number of hydrogen-bond donors (Lipinski definition) is 2. The average Bonchev–Trinajstić information content (AvgIpc) is 2.49. The third kappa shape index (κ3) is 3.79. The van der Waals surface area contributed by atoms with E-state index in [4.69, 9.17) is 5.26 Å². The van der Waals surface area contributed by atoms with Crippen LogP contribution in [0, 0.1) is 16.7 Å². The van der Waals surface area contributed by atoms with Gasteiger partial charge in [0, 0.05) is 18.6 Å². The fourth-order valence-electron chi connectivity index (χ4n) is 1.82. The predicted octanol–water partition coefficient (Wildman–Crippen LogP) is 1.64. The molecule has 0 aromatic heterocycles. The summed E-state index contributed by atoms with van der Waals surface area (Å²) >= 11 is 0. The van der Waals surface area contributed by atoms with E-state index in [-0.39, 0.29) is 18.0 Å². The molecule has 0 unspecified atom stereocenters. The number of nitriles is 1. The highest BCUT2D eigenvalue weighted by molar-refractivity contribution is 7.89. The van der Waals surface area contributed by atoms with Crippen LogP contribution in [0.1, 0.15) is 32.3 Å². The van der Waals surface area contributed by atoms with Crippen LogP contribution in [0.15, 0.2) is 29.2 Å². The molecule has 5 nitrogen and oxygen atoms in total. The number of sulfonamides is 1. The van der Waals surface area contributed by atoms with E-state index in [0.29, 0.717) is 18.4 Å². The number of rotatable bonds is 7. The SMILES string of the molecule is CCC(CC)(CO)CNS(=O)(=O)c1ccc(C#N)cc1. The fourth-order valence-corrected chi connectivity index (χ4v) is 2.98. The van der Waals surface area contributed by atoms with Gasteiger partial charge in [0.25, 0.3) is 0 Å². The van der Waals surface area contributed by atoms with E-state index in [0.717, 1.165) is 0 Å². The molecular weight excluding hydrogens is 276 g/mol. The smallest absolute Gasteiger partial charge is 0.240 e. The van der Waals surface area contributed by atoms with Gasteiger partial charge in [-0.1, -0.05) is 13.8 Å². The van der Waals surface area contributed by atoms with Gasteiger partial charge in [-0.3, -0.25) is 0 Å². The Balaban J connectivity index is 2.87. The minimum absolute atomic E-state index is 0.0596. The highest BCUT2D eigenvalue weighted by atomic mass is 32.2. The van der Waals surface area contributed by atoms with Crippen LogP contribution in [-0.4, -0.2) is 26.7 Å². The molecule has 0 spiro atoms. The van der Waals surface area contributed by atoms with Crippen molar-refractivity contribution >= 4 is 10.0 Å². The Kier molecular flexibility index (Phi) is 5.69. The van der Waals surface area contributed by atoms with Crippen LogP contribution in [0.4, 0.5) is 0 Å². The van der Waals surface area contributed by atoms with Crippen LogP contribution < -0.4 is 4.72 Å². The van der Waals surface area contributed by atoms with Crippen molar-refractivity contribution in [2.75, 3.05) is 13.2 Å². The largest absolute Gasteiger partial charge is 0.396 e. The topological polar surface area (TPSA) is 90.2 Å². The van der Waals surface area contributed by atoms with Crippen molar-refractivity contribution in [2.45, 2.75) is 31.6 Å². The third-order valence-electron chi connectivity index (χ3n) is 3.77. The standard InChI is InChI=1S/C14H20N2O3S/c1-3-14(4-2,11-17)10-16-20(18,19)13-7-5-12(9-15)6-8-13/h5-8,16-17H,3-4,10-11H2,1-2H3. The molecule has 20 heavy (non-hydrogen) atoms. The van der Waals surface area contributed by atoms with Gasteiger partial charge in [-0.2, -0.15) is 5.26 Å². The van der Waals surface area contributed by atoms with E-state index in [1.807, 2.05) is 19.9 Å². The molecule has 0 aliphatic heterocycles. The summed E-state index contributed by atoms with van der Waals surface area (Å²) in [4.78, 5) is 0.121. The normalized spacial score (nSPS) is 12.1. The van der Waals surface area contributed by atoms with Crippen molar-refractivity contribution in [1.82, 2.24) is 4.72 Å². The minimum Gasteiger partial charge on any atom is -0.396 e. The lowest BCUT2D eigenvalue weighted by Crippen LogP contribution is -2.39. The molecule has 0 fully saturated rings. The lowest BCUT2D eigenvalue weighted by Gasteiger charge is -2.29. The van der Waals surface area contributed by atoms with Crippen LogP contribution in [0.2, 0.25) is 0 Å². The van der Waals surface area contributed by atoms with Crippen molar-refractivity contribution in [3.8, 4) is 6.07 Å². The Morgan fingerprint density at radius 2 is 1.80 bits per heavy atom. The minimum atomic E-state index is -3.62. The van der Waals surface area contributed by atoms with Gasteiger partial charge >= 0.3 is 0 Å². The maximum atomic E-state index is 12.2. The van der Waals surface area contributed by atoms with E-state index in [1.165, 1.54) is 24.3 Å². The Hall–Kier alpha value is -1.42. The first-order valence-corrected chi connectivity index (χ1v) is 8.02. The lowest BCUT2D eigenvalue weighted by molar-refractivity contribution is 0.119. The Labute approximate surface area is 120 Å². The molecule has 0 aliphatic rings. The van der Waals surface area contributed by atoms with Crippen molar-refractivity contribution in [1.29, 1.82) is 5.26 Å². The molecule has 110 valence electrons. The van der Waals surface area contributed by atoms with Crippen LogP contribution in [0.3, 0.4) is 0 Å². The zero-order valence-electron chi connectivity index (χ0n) is 11.8. The van der Waals surface area contributed by atoms with Gasteiger partial charge in [0.05, 0.1) is 16.5 Å². The molecular formula is C14H20N2O3S. The zero-order chi connectivity index (χ0) is 15.2. The molecule has 1 aromatic carbocycles. The summed E-state index contributed by atoms with van der Waals surface area (Å²) in [5.41, 5.74) is -0.0181. The molecule has 2 N–H and O–H groups in total. The summed E-state index contributed by atoms with van der Waals surface area (Å²) in [5, 5.41) is 18.1. The van der Waals surface area contributed by atoms with Gasteiger partial charge in [0.2, 0.25) is 10.0 Å². The van der Waals surface area contributed by atoms with Gasteiger partial charge in [-0.05, 0) is 37.1 Å². The molecule has 6 heteroatoms.